The number of hydrogen-bond acceptors (Lipinski definition) is 1. The molecule has 0 fully saturated rings. The molecule has 120 valence electrons. The summed E-state index contributed by atoms with van der Waals surface area (Å²) in [4.78, 5) is 0. The lowest BCUT2D eigenvalue weighted by atomic mass is 9.99. The molecule has 0 saturated heterocycles. The van der Waals surface area contributed by atoms with Crippen molar-refractivity contribution in [2.45, 2.75) is 26.3 Å². The molecule has 1 unspecified atom stereocenters. The highest BCUT2D eigenvalue weighted by molar-refractivity contribution is 6.07. The van der Waals surface area contributed by atoms with Crippen molar-refractivity contribution in [2.75, 3.05) is 0 Å². The molecule has 3 aromatic rings. The lowest BCUT2D eigenvalue weighted by Crippen LogP contribution is -2.11. The van der Waals surface area contributed by atoms with Gasteiger partial charge in [0.1, 0.15) is 17.9 Å². The van der Waals surface area contributed by atoms with E-state index in [1.54, 1.807) is 0 Å². The average Bonchev–Trinajstić information content (AvgIpc) is 2.95. The number of hydrogen-bond donors (Lipinski definition) is 0. The molecular weight excluding hydrogens is 294 g/mol. The van der Waals surface area contributed by atoms with Crippen LogP contribution >= 0.6 is 0 Å². The molecule has 1 atom stereocenters. The van der Waals surface area contributed by atoms with Gasteiger partial charge in [0.15, 0.2) is 6.20 Å². The van der Waals surface area contributed by atoms with Crippen molar-refractivity contribution in [3.05, 3.63) is 72.0 Å². The summed E-state index contributed by atoms with van der Waals surface area (Å²) in [5.74, 6) is 0.602. The van der Waals surface area contributed by atoms with Crippen molar-refractivity contribution in [3.8, 4) is 0 Å². The van der Waals surface area contributed by atoms with Gasteiger partial charge in [-0.3, -0.25) is 0 Å². The van der Waals surface area contributed by atoms with E-state index in [2.05, 4.69) is 69.1 Å². The summed E-state index contributed by atoms with van der Waals surface area (Å²) >= 11 is 0. The Morgan fingerprint density at radius 1 is 1.04 bits per heavy atom. The third-order valence-electron chi connectivity index (χ3n) is 4.62. The third kappa shape index (κ3) is 2.39. The maximum Gasteiger partial charge on any atom is 0.205 e. The van der Waals surface area contributed by atoms with Crippen LogP contribution in [0, 0.1) is 5.92 Å². The molecule has 4 rings (SSSR count). The first-order chi connectivity index (χ1) is 11.6. The van der Waals surface area contributed by atoms with E-state index < -0.39 is 0 Å². The van der Waals surface area contributed by atoms with E-state index in [0.717, 1.165) is 23.2 Å². The molecule has 0 radical (unpaired) electrons. The number of para-hydroxylation sites is 2. The van der Waals surface area contributed by atoms with Gasteiger partial charge in [-0.05, 0) is 30.0 Å². The second-order valence-corrected chi connectivity index (χ2v) is 6.90. The zero-order valence-electron chi connectivity index (χ0n) is 14.2. The van der Waals surface area contributed by atoms with E-state index in [0.29, 0.717) is 5.92 Å². The predicted molar refractivity (Wildman–Crippen MR) is 101 cm³/mol. The first-order valence-corrected chi connectivity index (χ1v) is 8.52. The SMILES string of the molecule is C=[N+]1C=CC=CC1c1cccc2c1oc1c(CC(C)C)cccc12. The van der Waals surface area contributed by atoms with Crippen molar-refractivity contribution in [1.82, 2.24) is 0 Å². The van der Waals surface area contributed by atoms with Gasteiger partial charge in [-0.1, -0.05) is 50.3 Å². The van der Waals surface area contributed by atoms with Crippen LogP contribution in [0.2, 0.25) is 0 Å². The van der Waals surface area contributed by atoms with Gasteiger partial charge in [0.2, 0.25) is 6.04 Å². The number of furan rings is 1. The first kappa shape index (κ1) is 14.9. The third-order valence-corrected chi connectivity index (χ3v) is 4.62. The van der Waals surface area contributed by atoms with Gasteiger partial charge in [0, 0.05) is 16.8 Å². The molecule has 0 saturated carbocycles. The van der Waals surface area contributed by atoms with Crippen molar-refractivity contribution in [2.24, 2.45) is 5.92 Å². The van der Waals surface area contributed by atoms with E-state index in [-0.39, 0.29) is 6.04 Å². The fourth-order valence-corrected chi connectivity index (χ4v) is 3.55. The summed E-state index contributed by atoms with van der Waals surface area (Å²) in [5, 5.41) is 2.39. The van der Waals surface area contributed by atoms with E-state index in [9.17, 15) is 0 Å². The summed E-state index contributed by atoms with van der Waals surface area (Å²) in [5.41, 5.74) is 4.45. The second kappa shape index (κ2) is 5.79. The Balaban J connectivity index is 1.96. The normalized spacial score (nSPS) is 17.5. The van der Waals surface area contributed by atoms with Crippen molar-refractivity contribution >= 4 is 28.7 Å². The Labute approximate surface area is 142 Å². The molecular formula is C22H22NO+. The van der Waals surface area contributed by atoms with Crippen LogP contribution in [0.4, 0.5) is 0 Å². The smallest absolute Gasteiger partial charge is 0.205 e. The number of nitrogens with zero attached hydrogens (tertiary/aromatic N) is 1. The highest BCUT2D eigenvalue weighted by atomic mass is 16.3. The zero-order valence-corrected chi connectivity index (χ0v) is 14.2. The minimum absolute atomic E-state index is 0.104. The number of benzene rings is 2. The summed E-state index contributed by atoms with van der Waals surface area (Å²) in [6, 6.07) is 13.0. The van der Waals surface area contributed by atoms with Crippen LogP contribution in [-0.2, 0) is 6.42 Å². The Morgan fingerprint density at radius 2 is 1.79 bits per heavy atom. The largest absolute Gasteiger partial charge is 0.455 e. The molecule has 1 aliphatic rings. The summed E-state index contributed by atoms with van der Waals surface area (Å²) in [6.07, 6.45) is 9.25. The van der Waals surface area contributed by atoms with Crippen LogP contribution < -0.4 is 0 Å². The lowest BCUT2D eigenvalue weighted by molar-refractivity contribution is -0.485. The number of fused-ring (bicyclic) bond motifs is 3. The Kier molecular flexibility index (Phi) is 3.61. The molecule has 2 heteroatoms. The molecule has 0 aliphatic carbocycles. The predicted octanol–water partition coefficient (Wildman–Crippen LogP) is 5.62. The summed E-state index contributed by atoms with van der Waals surface area (Å²) in [6.45, 7) is 8.61. The number of rotatable bonds is 3. The van der Waals surface area contributed by atoms with Crippen LogP contribution in [0.1, 0.15) is 31.0 Å². The van der Waals surface area contributed by atoms with Crippen molar-refractivity contribution < 1.29 is 8.99 Å². The fourth-order valence-electron chi connectivity index (χ4n) is 3.55. The topological polar surface area (TPSA) is 16.1 Å². The lowest BCUT2D eigenvalue weighted by Gasteiger charge is -2.11. The van der Waals surface area contributed by atoms with Crippen molar-refractivity contribution in [1.29, 1.82) is 0 Å². The van der Waals surface area contributed by atoms with Gasteiger partial charge in [0.05, 0.1) is 5.56 Å². The highest BCUT2D eigenvalue weighted by Gasteiger charge is 2.24. The van der Waals surface area contributed by atoms with Gasteiger partial charge >= 0.3 is 0 Å². The quantitative estimate of drug-likeness (QED) is 0.573. The Hall–Kier alpha value is -2.61. The molecule has 24 heavy (non-hydrogen) atoms. The van der Waals surface area contributed by atoms with Crippen LogP contribution in [0.25, 0.3) is 21.9 Å². The maximum atomic E-state index is 6.40. The van der Waals surface area contributed by atoms with Gasteiger partial charge in [-0.2, -0.15) is 0 Å². The minimum atomic E-state index is 0.104. The van der Waals surface area contributed by atoms with Gasteiger partial charge in [0.25, 0.3) is 0 Å². The zero-order chi connectivity index (χ0) is 16.7. The summed E-state index contributed by atoms with van der Waals surface area (Å²) < 4.78 is 8.37. The number of allylic oxidation sites excluding steroid dienone is 2. The van der Waals surface area contributed by atoms with Gasteiger partial charge in [-0.25, -0.2) is 4.58 Å². The maximum absolute atomic E-state index is 6.40. The summed E-state index contributed by atoms with van der Waals surface area (Å²) in [7, 11) is 0. The Bertz CT molecular complexity index is 988. The average molecular weight is 316 g/mol. The van der Waals surface area contributed by atoms with E-state index in [4.69, 9.17) is 4.42 Å². The standard InChI is InChI=1S/C22H22NO/c1-15(2)14-16-8-6-9-17-18-10-7-11-19(22(18)24-21(16)17)20-12-4-5-13-23(20)3/h4-13,15,20H,3,14H2,1-2H3/q+1. The van der Waals surface area contributed by atoms with Crippen LogP contribution in [-0.4, -0.2) is 11.3 Å². The van der Waals surface area contributed by atoms with E-state index >= 15 is 0 Å². The second-order valence-electron chi connectivity index (χ2n) is 6.90. The molecule has 2 aromatic carbocycles. The molecule has 1 aliphatic heterocycles. The van der Waals surface area contributed by atoms with Gasteiger partial charge < -0.3 is 4.42 Å². The fraction of sp³-hybridized carbons (Fsp3) is 0.227. The Morgan fingerprint density at radius 3 is 2.54 bits per heavy atom. The van der Waals surface area contributed by atoms with E-state index in [1.165, 1.54) is 16.3 Å². The van der Waals surface area contributed by atoms with Gasteiger partial charge in [-0.15, -0.1) is 0 Å². The first-order valence-electron chi connectivity index (χ1n) is 8.52. The van der Waals surface area contributed by atoms with Crippen molar-refractivity contribution in [3.63, 3.8) is 0 Å². The van der Waals surface area contributed by atoms with Crippen LogP contribution in [0.3, 0.4) is 0 Å². The van der Waals surface area contributed by atoms with E-state index in [1.807, 2.05) is 16.9 Å². The molecule has 0 amide bonds. The molecule has 0 spiro atoms. The minimum Gasteiger partial charge on any atom is -0.455 e. The monoisotopic (exact) mass is 316 g/mol. The molecule has 1 aromatic heterocycles. The van der Waals surface area contributed by atoms with Crippen LogP contribution in [0.5, 0.6) is 0 Å². The molecule has 0 bridgehead atoms. The molecule has 2 nitrogen and oxygen atoms in total. The highest BCUT2D eigenvalue weighted by Crippen LogP contribution is 2.37. The molecule has 2 heterocycles. The molecule has 0 N–H and O–H groups in total. The van der Waals surface area contributed by atoms with Crippen LogP contribution in [0.15, 0.2) is 65.2 Å².